The first kappa shape index (κ1) is 18.7. The van der Waals surface area contributed by atoms with E-state index < -0.39 is 0 Å². The highest BCUT2D eigenvalue weighted by atomic mass is 32.1. The Hall–Kier alpha value is -2.65. The Morgan fingerprint density at radius 2 is 1.71 bits per heavy atom. The van der Waals surface area contributed by atoms with Gasteiger partial charge in [0.15, 0.2) is 5.82 Å². The molecule has 3 aromatic rings. The molecule has 0 bridgehead atoms. The number of ether oxygens (including phenoxy) is 1. The van der Waals surface area contributed by atoms with Crippen molar-refractivity contribution < 1.29 is 14.3 Å². The minimum absolute atomic E-state index is 0.174. The van der Waals surface area contributed by atoms with Gasteiger partial charge in [0.2, 0.25) is 4.96 Å². The molecule has 0 spiro atoms. The van der Waals surface area contributed by atoms with Crippen LogP contribution in [-0.2, 0) is 17.8 Å². The molecule has 0 unspecified atom stereocenters. The molecule has 0 radical (unpaired) electrons. The van der Waals surface area contributed by atoms with Gasteiger partial charge >= 0.3 is 0 Å². The summed E-state index contributed by atoms with van der Waals surface area (Å²) in [5.74, 6) is 0.361. The lowest BCUT2D eigenvalue weighted by molar-refractivity contribution is 0.0651. The molecule has 0 aliphatic carbocycles. The van der Waals surface area contributed by atoms with Crippen LogP contribution in [0.1, 0.15) is 57.2 Å². The monoisotopic (exact) mass is 399 g/mol. The van der Waals surface area contributed by atoms with Crippen LogP contribution in [0.4, 0.5) is 0 Å². The van der Waals surface area contributed by atoms with Crippen LogP contribution in [0.2, 0.25) is 0 Å². The van der Waals surface area contributed by atoms with Gasteiger partial charge in [0.05, 0.1) is 11.1 Å². The molecule has 2 amide bonds. The van der Waals surface area contributed by atoms with E-state index in [1.807, 2.05) is 0 Å². The quantitative estimate of drug-likeness (QED) is 0.406. The summed E-state index contributed by atoms with van der Waals surface area (Å²) in [6.07, 6.45) is 4.69. The molecule has 0 fully saturated rings. The maximum absolute atomic E-state index is 12.3. The number of methoxy groups -OCH3 is 1. The van der Waals surface area contributed by atoms with Crippen molar-refractivity contribution in [1.82, 2.24) is 24.7 Å². The molecule has 28 heavy (non-hydrogen) atoms. The number of hydrogen-bond donors (Lipinski definition) is 0. The lowest BCUT2D eigenvalue weighted by Gasteiger charge is -2.13. The Morgan fingerprint density at radius 1 is 1.00 bits per heavy atom. The number of rotatable bonds is 9. The number of imide groups is 1. The molecule has 8 nitrogen and oxygen atoms in total. The summed E-state index contributed by atoms with van der Waals surface area (Å²) in [6, 6.07) is 7.01. The third kappa shape index (κ3) is 3.55. The summed E-state index contributed by atoms with van der Waals surface area (Å²) in [4.78, 5) is 26.8. The second-order valence-corrected chi connectivity index (χ2v) is 7.75. The normalized spacial score (nSPS) is 13.7. The van der Waals surface area contributed by atoms with Gasteiger partial charge in [-0.25, -0.2) is 0 Å². The van der Waals surface area contributed by atoms with Gasteiger partial charge < -0.3 is 4.74 Å². The highest BCUT2D eigenvalue weighted by molar-refractivity contribution is 7.16. The van der Waals surface area contributed by atoms with E-state index in [4.69, 9.17) is 4.74 Å². The van der Waals surface area contributed by atoms with Crippen molar-refractivity contribution in [3.8, 4) is 0 Å². The average molecular weight is 399 g/mol. The van der Waals surface area contributed by atoms with Crippen molar-refractivity contribution >= 4 is 28.1 Å². The molecule has 1 aliphatic heterocycles. The zero-order valence-corrected chi connectivity index (χ0v) is 16.4. The van der Waals surface area contributed by atoms with Crippen molar-refractivity contribution in [2.24, 2.45) is 0 Å². The molecule has 0 atom stereocenters. The molecule has 3 heterocycles. The fourth-order valence-corrected chi connectivity index (χ4v) is 4.25. The molecule has 0 N–H and O–H groups in total. The van der Waals surface area contributed by atoms with Crippen molar-refractivity contribution in [3.63, 3.8) is 0 Å². The lowest BCUT2D eigenvalue weighted by Crippen LogP contribution is -2.30. The Morgan fingerprint density at radius 3 is 2.43 bits per heavy atom. The van der Waals surface area contributed by atoms with E-state index >= 15 is 0 Å². The summed E-state index contributed by atoms with van der Waals surface area (Å²) < 4.78 is 6.84. The second kappa shape index (κ2) is 8.15. The van der Waals surface area contributed by atoms with Crippen molar-refractivity contribution in [1.29, 1.82) is 0 Å². The van der Waals surface area contributed by atoms with E-state index in [-0.39, 0.29) is 11.8 Å². The smallest absolute Gasteiger partial charge is 0.261 e. The van der Waals surface area contributed by atoms with E-state index in [0.29, 0.717) is 30.1 Å². The van der Waals surface area contributed by atoms with Crippen LogP contribution in [-0.4, -0.2) is 50.2 Å². The maximum atomic E-state index is 12.3. The fourth-order valence-electron chi connectivity index (χ4n) is 3.36. The summed E-state index contributed by atoms with van der Waals surface area (Å²) in [7, 11) is 1.62. The van der Waals surface area contributed by atoms with E-state index in [1.54, 1.807) is 47.2 Å². The average Bonchev–Trinajstić information content (AvgIpc) is 3.34. The number of fused-ring (bicyclic) bond motifs is 2. The molecule has 0 saturated carbocycles. The number of hydrogen-bond acceptors (Lipinski definition) is 7. The van der Waals surface area contributed by atoms with E-state index in [0.717, 1.165) is 42.1 Å². The third-order valence-electron chi connectivity index (χ3n) is 4.77. The number of carbonyl (C=O) groups excluding carboxylic acids is 2. The van der Waals surface area contributed by atoms with Gasteiger partial charge in [0.1, 0.15) is 11.6 Å². The number of carbonyl (C=O) groups is 2. The third-order valence-corrected chi connectivity index (χ3v) is 5.73. The maximum Gasteiger partial charge on any atom is 0.261 e. The van der Waals surface area contributed by atoms with E-state index in [1.165, 1.54) is 4.90 Å². The Bertz CT molecular complexity index is 977. The van der Waals surface area contributed by atoms with Crippen LogP contribution in [0, 0.1) is 0 Å². The van der Waals surface area contributed by atoms with Crippen molar-refractivity contribution in [2.75, 3.05) is 13.7 Å². The Labute approximate surface area is 166 Å². The SMILES string of the molecule is COCc1nnc2sc(CCCCCCN3C(=O)c4ccccc4C3=O)nn12. The largest absolute Gasteiger partial charge is 0.377 e. The minimum atomic E-state index is -0.174. The van der Waals surface area contributed by atoms with Crippen LogP contribution < -0.4 is 0 Å². The molecule has 0 saturated heterocycles. The highest BCUT2D eigenvalue weighted by Crippen LogP contribution is 2.23. The summed E-state index contributed by atoms with van der Waals surface area (Å²) >= 11 is 1.55. The van der Waals surface area contributed by atoms with Gasteiger partial charge in [0.25, 0.3) is 11.8 Å². The van der Waals surface area contributed by atoms with Gasteiger partial charge in [-0.15, -0.1) is 10.2 Å². The lowest BCUT2D eigenvalue weighted by atomic mass is 10.1. The predicted octanol–water partition coefficient (Wildman–Crippen LogP) is 2.73. The van der Waals surface area contributed by atoms with Crippen LogP contribution >= 0.6 is 11.3 Å². The van der Waals surface area contributed by atoms with Gasteiger partial charge in [-0.3, -0.25) is 14.5 Å². The Balaban J connectivity index is 1.21. The molecule has 2 aromatic heterocycles. The fraction of sp³-hybridized carbons (Fsp3) is 0.421. The Kier molecular flexibility index (Phi) is 5.45. The van der Waals surface area contributed by atoms with Gasteiger partial charge in [-0.2, -0.15) is 9.61 Å². The van der Waals surface area contributed by atoms with Crippen molar-refractivity contribution in [2.45, 2.75) is 38.7 Å². The molecule has 1 aliphatic rings. The standard InChI is InChI=1S/C19H21N5O3S/c1-27-12-15-20-21-19-24(15)22-16(28-19)10-4-2-3-7-11-23-17(25)13-8-5-6-9-14(13)18(23)26/h5-6,8-9H,2-4,7,10-12H2,1H3. The first-order chi connectivity index (χ1) is 13.7. The summed E-state index contributed by atoms with van der Waals surface area (Å²) in [5, 5.41) is 13.7. The zero-order valence-electron chi connectivity index (χ0n) is 15.6. The predicted molar refractivity (Wildman–Crippen MR) is 103 cm³/mol. The number of nitrogens with zero attached hydrogens (tertiary/aromatic N) is 5. The second-order valence-electron chi connectivity index (χ2n) is 6.71. The van der Waals surface area contributed by atoms with Crippen LogP contribution in [0.25, 0.3) is 4.96 Å². The summed E-state index contributed by atoms with van der Waals surface area (Å²) in [6.45, 7) is 0.867. The first-order valence-corrected chi connectivity index (χ1v) is 10.1. The van der Waals surface area contributed by atoms with Crippen molar-refractivity contribution in [3.05, 3.63) is 46.2 Å². The van der Waals surface area contributed by atoms with E-state index in [2.05, 4.69) is 15.3 Å². The number of aryl methyl sites for hydroxylation is 1. The van der Waals surface area contributed by atoms with Gasteiger partial charge in [0, 0.05) is 20.1 Å². The van der Waals surface area contributed by atoms with E-state index in [9.17, 15) is 9.59 Å². The topological polar surface area (TPSA) is 89.7 Å². The van der Waals surface area contributed by atoms with Gasteiger partial charge in [-0.1, -0.05) is 36.3 Å². The van der Waals surface area contributed by atoms with Crippen LogP contribution in [0.3, 0.4) is 0 Å². The van der Waals surface area contributed by atoms with Crippen LogP contribution in [0.15, 0.2) is 24.3 Å². The molecule has 1 aromatic carbocycles. The van der Waals surface area contributed by atoms with Crippen LogP contribution in [0.5, 0.6) is 0 Å². The first-order valence-electron chi connectivity index (χ1n) is 9.33. The number of unbranched alkanes of at least 4 members (excludes halogenated alkanes) is 3. The molecule has 146 valence electrons. The molecule has 4 rings (SSSR count). The highest BCUT2D eigenvalue weighted by Gasteiger charge is 2.34. The number of benzene rings is 1. The molecular weight excluding hydrogens is 378 g/mol. The minimum Gasteiger partial charge on any atom is -0.377 e. The molecule has 9 heteroatoms. The summed E-state index contributed by atoms with van der Waals surface area (Å²) in [5.41, 5.74) is 1.03. The number of amides is 2. The van der Waals surface area contributed by atoms with Gasteiger partial charge in [-0.05, 0) is 25.0 Å². The zero-order chi connectivity index (χ0) is 19.5. The number of aromatic nitrogens is 4. The molecular formula is C19H21N5O3S.